The van der Waals surface area contributed by atoms with Crippen LogP contribution in [0, 0.1) is 11.6 Å². The van der Waals surface area contributed by atoms with E-state index >= 15 is 0 Å². The molecule has 1 atom stereocenters. The Morgan fingerprint density at radius 1 is 0.935 bits per heavy atom. The van der Waals surface area contributed by atoms with Gasteiger partial charge in [-0.25, -0.2) is 13.6 Å². The van der Waals surface area contributed by atoms with Crippen molar-refractivity contribution in [2.24, 2.45) is 0 Å². The molecule has 0 spiro atoms. The fraction of sp³-hybridized carbons (Fsp3) is 0.167. The molecule has 31 heavy (non-hydrogen) atoms. The van der Waals surface area contributed by atoms with Crippen LogP contribution in [0.2, 0.25) is 0 Å². The summed E-state index contributed by atoms with van der Waals surface area (Å²) in [7, 11) is 1.19. The lowest BCUT2D eigenvalue weighted by Gasteiger charge is -2.17. The van der Waals surface area contributed by atoms with Crippen LogP contribution in [0.15, 0.2) is 72.8 Å². The molecule has 3 aromatic carbocycles. The molecule has 0 aromatic heterocycles. The Morgan fingerprint density at radius 2 is 1.65 bits per heavy atom. The zero-order valence-corrected chi connectivity index (χ0v) is 16.8. The molecule has 0 heterocycles. The third kappa shape index (κ3) is 6.12. The number of carbonyl (C=O) groups excluding carboxylic acids is 2. The van der Waals surface area contributed by atoms with Crippen LogP contribution in [0.5, 0.6) is 5.75 Å². The molecule has 1 N–H and O–H groups in total. The highest BCUT2D eigenvalue weighted by Gasteiger charge is 2.24. The summed E-state index contributed by atoms with van der Waals surface area (Å²) in [6.45, 7) is 0.421. The largest absolute Gasteiger partial charge is 0.489 e. The monoisotopic (exact) mass is 425 g/mol. The van der Waals surface area contributed by atoms with Crippen LogP contribution in [0.1, 0.15) is 21.5 Å². The summed E-state index contributed by atoms with van der Waals surface area (Å²) in [6.07, 6.45) is 0.125. The second-order valence-corrected chi connectivity index (χ2v) is 6.80. The van der Waals surface area contributed by atoms with Crippen LogP contribution in [-0.2, 0) is 22.6 Å². The predicted octanol–water partition coefficient (Wildman–Crippen LogP) is 4.06. The summed E-state index contributed by atoms with van der Waals surface area (Å²) in [5, 5.41) is 2.45. The van der Waals surface area contributed by atoms with Crippen LogP contribution >= 0.6 is 0 Å². The van der Waals surface area contributed by atoms with E-state index in [0.29, 0.717) is 18.4 Å². The molecule has 3 aromatic rings. The van der Waals surface area contributed by atoms with Gasteiger partial charge in [-0.2, -0.15) is 0 Å². The minimum absolute atomic E-state index is 0.125. The molecule has 7 heteroatoms. The van der Waals surface area contributed by atoms with Gasteiger partial charge in [0.1, 0.15) is 30.0 Å². The summed E-state index contributed by atoms with van der Waals surface area (Å²) in [5.74, 6) is -2.68. The lowest BCUT2D eigenvalue weighted by Crippen LogP contribution is -2.43. The molecule has 160 valence electrons. The van der Waals surface area contributed by atoms with Gasteiger partial charge in [0, 0.05) is 12.5 Å². The topological polar surface area (TPSA) is 64.6 Å². The molecule has 0 fully saturated rings. The van der Waals surface area contributed by atoms with Crippen molar-refractivity contribution in [3.8, 4) is 5.75 Å². The van der Waals surface area contributed by atoms with Gasteiger partial charge in [-0.3, -0.25) is 4.79 Å². The van der Waals surface area contributed by atoms with E-state index in [1.54, 1.807) is 24.3 Å². The molecule has 0 saturated carbocycles. The molecule has 5 nitrogen and oxygen atoms in total. The zero-order valence-electron chi connectivity index (χ0n) is 16.8. The van der Waals surface area contributed by atoms with E-state index in [-0.39, 0.29) is 12.0 Å². The predicted molar refractivity (Wildman–Crippen MR) is 111 cm³/mol. The zero-order chi connectivity index (χ0) is 22.2. The molecule has 1 amide bonds. The first-order valence-corrected chi connectivity index (χ1v) is 9.55. The van der Waals surface area contributed by atoms with Crippen molar-refractivity contribution in [2.75, 3.05) is 7.11 Å². The Hall–Kier alpha value is -3.74. The van der Waals surface area contributed by atoms with Gasteiger partial charge >= 0.3 is 5.97 Å². The fourth-order valence-corrected chi connectivity index (χ4v) is 2.94. The van der Waals surface area contributed by atoms with Crippen molar-refractivity contribution < 1.29 is 27.8 Å². The van der Waals surface area contributed by atoms with Crippen molar-refractivity contribution in [1.82, 2.24) is 5.32 Å². The van der Waals surface area contributed by atoms with Crippen molar-refractivity contribution in [2.45, 2.75) is 19.1 Å². The molecule has 0 aliphatic carbocycles. The second-order valence-electron chi connectivity index (χ2n) is 6.80. The first-order valence-electron chi connectivity index (χ1n) is 9.55. The smallest absolute Gasteiger partial charge is 0.328 e. The third-order valence-corrected chi connectivity index (χ3v) is 4.58. The van der Waals surface area contributed by atoms with E-state index in [1.165, 1.54) is 7.11 Å². The maximum atomic E-state index is 13.9. The number of esters is 1. The summed E-state index contributed by atoms with van der Waals surface area (Å²) >= 11 is 0. The molecule has 3 rings (SSSR count). The van der Waals surface area contributed by atoms with Crippen molar-refractivity contribution in [1.29, 1.82) is 0 Å². The molecule has 0 unspecified atom stereocenters. The maximum absolute atomic E-state index is 13.9. The second kappa shape index (κ2) is 10.3. The first kappa shape index (κ1) is 22.0. The van der Waals surface area contributed by atoms with E-state index in [4.69, 9.17) is 9.47 Å². The number of amides is 1. The number of halogens is 2. The normalized spacial score (nSPS) is 11.5. The number of hydrogen-bond acceptors (Lipinski definition) is 4. The van der Waals surface area contributed by atoms with Crippen molar-refractivity contribution in [3.63, 3.8) is 0 Å². The Kier molecular flexibility index (Phi) is 7.32. The average Bonchev–Trinajstić information content (AvgIpc) is 2.78. The van der Waals surface area contributed by atoms with Crippen molar-refractivity contribution >= 4 is 11.9 Å². The maximum Gasteiger partial charge on any atom is 0.328 e. The van der Waals surface area contributed by atoms with Gasteiger partial charge in [0.2, 0.25) is 0 Å². The molecular formula is C24H21F2NO4. The van der Waals surface area contributed by atoms with Gasteiger partial charge in [0.15, 0.2) is 0 Å². The minimum Gasteiger partial charge on any atom is -0.489 e. The van der Waals surface area contributed by atoms with Gasteiger partial charge in [-0.15, -0.1) is 0 Å². The molecular weight excluding hydrogens is 404 g/mol. The van der Waals surface area contributed by atoms with Gasteiger partial charge in [0.05, 0.1) is 12.7 Å². The summed E-state index contributed by atoms with van der Waals surface area (Å²) in [5.41, 5.74) is 1.41. The van der Waals surface area contributed by atoms with Gasteiger partial charge in [-0.1, -0.05) is 42.5 Å². The Balaban J connectivity index is 1.65. The summed E-state index contributed by atoms with van der Waals surface area (Å²) in [6, 6.07) is 18.3. The summed E-state index contributed by atoms with van der Waals surface area (Å²) in [4.78, 5) is 24.5. The standard InChI is InChI=1S/C24H21F2NO4/c1-30-24(29)22(27-23(28)20-12-9-18(25)14-21(20)26)13-16-7-10-19(11-8-16)31-15-17-5-3-2-4-6-17/h2-12,14,22H,13,15H2,1H3,(H,27,28)/t22-/m0/s1. The number of carbonyl (C=O) groups is 2. The Bertz CT molecular complexity index is 1040. The number of nitrogens with one attached hydrogen (secondary N) is 1. The van der Waals surface area contributed by atoms with Crippen LogP contribution < -0.4 is 10.1 Å². The van der Waals surface area contributed by atoms with Crippen LogP contribution in [0.3, 0.4) is 0 Å². The van der Waals surface area contributed by atoms with E-state index in [2.05, 4.69) is 5.32 Å². The third-order valence-electron chi connectivity index (χ3n) is 4.58. The molecule has 0 bridgehead atoms. The van der Waals surface area contributed by atoms with Crippen LogP contribution in [-0.4, -0.2) is 25.0 Å². The highest BCUT2D eigenvalue weighted by Crippen LogP contribution is 2.16. The lowest BCUT2D eigenvalue weighted by molar-refractivity contribution is -0.142. The number of rotatable bonds is 8. The number of hydrogen-bond donors (Lipinski definition) is 1. The fourth-order valence-electron chi connectivity index (χ4n) is 2.94. The number of methoxy groups -OCH3 is 1. The van der Waals surface area contributed by atoms with E-state index < -0.39 is 29.6 Å². The SMILES string of the molecule is COC(=O)[C@H](Cc1ccc(OCc2ccccc2)cc1)NC(=O)c1ccc(F)cc1F. The van der Waals surface area contributed by atoms with Crippen LogP contribution in [0.4, 0.5) is 8.78 Å². The first-order chi connectivity index (χ1) is 15.0. The molecule has 0 aliphatic heterocycles. The highest BCUT2D eigenvalue weighted by molar-refractivity contribution is 5.97. The van der Waals surface area contributed by atoms with E-state index in [9.17, 15) is 18.4 Å². The molecule has 0 aliphatic rings. The number of ether oxygens (including phenoxy) is 2. The Morgan fingerprint density at radius 3 is 2.29 bits per heavy atom. The lowest BCUT2D eigenvalue weighted by atomic mass is 10.0. The van der Waals surface area contributed by atoms with Gasteiger partial charge in [0.25, 0.3) is 5.91 Å². The summed E-state index contributed by atoms with van der Waals surface area (Å²) < 4.78 is 37.4. The van der Waals surface area contributed by atoms with Gasteiger partial charge < -0.3 is 14.8 Å². The highest BCUT2D eigenvalue weighted by atomic mass is 19.1. The average molecular weight is 425 g/mol. The van der Waals surface area contributed by atoms with E-state index in [0.717, 1.165) is 23.3 Å². The van der Waals surface area contributed by atoms with Crippen molar-refractivity contribution in [3.05, 3.63) is 101 Å². The minimum atomic E-state index is -1.04. The Labute approximate surface area is 178 Å². The molecule has 0 radical (unpaired) electrons. The van der Waals surface area contributed by atoms with Gasteiger partial charge in [-0.05, 0) is 35.4 Å². The quantitative estimate of drug-likeness (QED) is 0.553. The van der Waals surface area contributed by atoms with Crippen LogP contribution in [0.25, 0.3) is 0 Å². The van der Waals surface area contributed by atoms with E-state index in [1.807, 2.05) is 30.3 Å². The molecule has 0 saturated heterocycles. The number of benzene rings is 3.